The molecule has 1 aromatic carbocycles. The zero-order chi connectivity index (χ0) is 19.1. The second kappa shape index (κ2) is 6.48. The van der Waals surface area contributed by atoms with E-state index in [0.29, 0.717) is 22.5 Å². The summed E-state index contributed by atoms with van der Waals surface area (Å²) in [6.07, 6.45) is -4.46. The summed E-state index contributed by atoms with van der Waals surface area (Å²) < 4.78 is 39.5. The Bertz CT molecular complexity index is 1000. The van der Waals surface area contributed by atoms with Gasteiger partial charge in [-0.2, -0.15) is 18.3 Å². The predicted octanol–water partition coefficient (Wildman–Crippen LogP) is 4.22. The molecule has 2 heterocycles. The van der Waals surface area contributed by atoms with Gasteiger partial charge in [-0.3, -0.25) is 4.79 Å². The van der Waals surface area contributed by atoms with E-state index >= 15 is 0 Å². The molecule has 0 fully saturated rings. The van der Waals surface area contributed by atoms with Crippen molar-refractivity contribution in [2.24, 2.45) is 0 Å². The largest absolute Gasteiger partial charge is 0.416 e. The van der Waals surface area contributed by atoms with Crippen molar-refractivity contribution in [3.63, 3.8) is 0 Å². The minimum atomic E-state index is -4.46. The van der Waals surface area contributed by atoms with Crippen LogP contribution in [-0.2, 0) is 6.18 Å². The molecule has 1 atom stereocenters. The summed E-state index contributed by atoms with van der Waals surface area (Å²) in [5, 5.41) is 6.28. The summed E-state index contributed by atoms with van der Waals surface area (Å²) in [6.45, 7) is 5.44. The number of halogens is 3. The van der Waals surface area contributed by atoms with Crippen LogP contribution in [0.2, 0.25) is 0 Å². The van der Waals surface area contributed by atoms with Crippen molar-refractivity contribution in [1.29, 1.82) is 0 Å². The number of hydrogen-bond donors (Lipinski definition) is 2. The second-order valence-electron chi connectivity index (χ2n) is 6.40. The van der Waals surface area contributed by atoms with Gasteiger partial charge in [-0.05, 0) is 50.1 Å². The fourth-order valence-corrected chi connectivity index (χ4v) is 3.19. The van der Waals surface area contributed by atoms with Gasteiger partial charge in [0.2, 0.25) is 0 Å². The van der Waals surface area contributed by atoms with Gasteiger partial charge in [-0.25, -0.2) is 5.10 Å². The molecule has 7 heteroatoms. The van der Waals surface area contributed by atoms with Crippen LogP contribution in [0.15, 0.2) is 41.2 Å². The Hall–Kier alpha value is -2.83. The number of rotatable bonds is 3. The van der Waals surface area contributed by atoms with E-state index in [1.165, 1.54) is 6.07 Å². The number of aromatic amines is 2. The van der Waals surface area contributed by atoms with Crippen LogP contribution in [0, 0.1) is 20.8 Å². The minimum absolute atomic E-state index is 0.349. The van der Waals surface area contributed by atoms with Gasteiger partial charge in [0.15, 0.2) is 0 Å². The maximum absolute atomic E-state index is 13.2. The van der Waals surface area contributed by atoms with Crippen LogP contribution in [-0.4, -0.2) is 15.2 Å². The van der Waals surface area contributed by atoms with Crippen molar-refractivity contribution >= 4 is 0 Å². The fraction of sp³-hybridized carbons (Fsp3) is 0.263. The predicted molar refractivity (Wildman–Crippen MR) is 92.3 cm³/mol. The molecule has 2 N–H and O–H groups in total. The Balaban J connectivity index is 2.27. The first-order valence-corrected chi connectivity index (χ1v) is 8.06. The van der Waals surface area contributed by atoms with Crippen LogP contribution in [0.1, 0.15) is 45.3 Å². The van der Waals surface area contributed by atoms with Crippen LogP contribution in [0.25, 0.3) is 0 Å². The maximum atomic E-state index is 13.2. The lowest BCUT2D eigenvalue weighted by Crippen LogP contribution is -2.21. The van der Waals surface area contributed by atoms with Gasteiger partial charge in [0, 0.05) is 17.0 Å². The number of nitrogens with zero attached hydrogens (tertiary/aromatic N) is 1. The number of aromatic nitrogens is 3. The standard InChI is InChI=1S/C19H18F3N3O/c1-10-7-11(2)23-17(10)16(15-8-12(3)24-25-18(15)26)13-5-4-6-14(9-13)19(20,21)22/h4-9,16,23H,1-3H3,(H,25,26)/t16-/m1/s1. The van der Waals surface area contributed by atoms with Gasteiger partial charge in [0.25, 0.3) is 5.56 Å². The lowest BCUT2D eigenvalue weighted by molar-refractivity contribution is -0.137. The lowest BCUT2D eigenvalue weighted by atomic mass is 9.87. The smallest absolute Gasteiger partial charge is 0.361 e. The number of nitrogens with one attached hydrogen (secondary N) is 2. The van der Waals surface area contributed by atoms with E-state index in [1.54, 1.807) is 19.1 Å². The molecule has 0 aliphatic rings. The molecule has 0 amide bonds. The molecule has 0 spiro atoms. The molecule has 4 nitrogen and oxygen atoms in total. The highest BCUT2D eigenvalue weighted by atomic mass is 19.4. The van der Waals surface area contributed by atoms with E-state index in [-0.39, 0.29) is 0 Å². The molecule has 26 heavy (non-hydrogen) atoms. The highest BCUT2D eigenvalue weighted by molar-refractivity contribution is 5.45. The van der Waals surface area contributed by atoms with E-state index < -0.39 is 23.2 Å². The molecular formula is C19H18F3N3O. The Labute approximate surface area is 148 Å². The Morgan fingerprint density at radius 3 is 2.42 bits per heavy atom. The molecule has 0 saturated carbocycles. The maximum Gasteiger partial charge on any atom is 0.416 e. The van der Waals surface area contributed by atoms with Gasteiger partial charge >= 0.3 is 6.18 Å². The van der Waals surface area contributed by atoms with Gasteiger partial charge < -0.3 is 4.98 Å². The third kappa shape index (κ3) is 3.42. The molecule has 0 radical (unpaired) electrons. The number of alkyl halides is 3. The topological polar surface area (TPSA) is 61.5 Å². The lowest BCUT2D eigenvalue weighted by Gasteiger charge is -2.19. The van der Waals surface area contributed by atoms with Gasteiger partial charge in [-0.15, -0.1) is 0 Å². The van der Waals surface area contributed by atoms with Crippen LogP contribution in [0.5, 0.6) is 0 Å². The average Bonchev–Trinajstić information content (AvgIpc) is 2.89. The summed E-state index contributed by atoms with van der Waals surface area (Å²) in [7, 11) is 0. The van der Waals surface area contributed by atoms with Crippen molar-refractivity contribution in [2.75, 3.05) is 0 Å². The quantitative estimate of drug-likeness (QED) is 0.734. The number of benzene rings is 1. The summed E-state index contributed by atoms with van der Waals surface area (Å²) in [5.74, 6) is -0.656. The first kappa shape index (κ1) is 18.0. The van der Waals surface area contributed by atoms with Crippen molar-refractivity contribution < 1.29 is 13.2 Å². The van der Waals surface area contributed by atoms with Crippen LogP contribution in [0.3, 0.4) is 0 Å². The molecule has 3 aromatic rings. The SMILES string of the molecule is Cc1cc([C@@H](c2cccc(C(F)(F)F)c2)c2[nH]c(C)cc2C)c(=O)[nH]n1. The number of H-pyrrole nitrogens is 2. The van der Waals surface area contributed by atoms with Crippen molar-refractivity contribution in [3.05, 3.63) is 86.1 Å². The molecule has 0 saturated heterocycles. The van der Waals surface area contributed by atoms with E-state index in [1.807, 2.05) is 19.9 Å². The minimum Gasteiger partial charge on any atom is -0.361 e. The Kier molecular flexibility index (Phi) is 4.48. The Morgan fingerprint density at radius 1 is 1.08 bits per heavy atom. The third-order valence-electron chi connectivity index (χ3n) is 4.30. The molecule has 0 bridgehead atoms. The monoisotopic (exact) mass is 361 g/mol. The average molecular weight is 361 g/mol. The number of hydrogen-bond acceptors (Lipinski definition) is 2. The highest BCUT2D eigenvalue weighted by Crippen LogP contribution is 2.36. The molecule has 0 aliphatic heterocycles. The van der Waals surface area contributed by atoms with Gasteiger partial charge in [0.05, 0.1) is 17.2 Å². The molecule has 0 aliphatic carbocycles. The second-order valence-corrected chi connectivity index (χ2v) is 6.40. The Morgan fingerprint density at radius 2 is 1.81 bits per heavy atom. The van der Waals surface area contributed by atoms with Crippen molar-refractivity contribution in [1.82, 2.24) is 15.2 Å². The third-order valence-corrected chi connectivity index (χ3v) is 4.30. The van der Waals surface area contributed by atoms with Crippen LogP contribution >= 0.6 is 0 Å². The van der Waals surface area contributed by atoms with E-state index in [2.05, 4.69) is 15.2 Å². The summed E-state index contributed by atoms with van der Waals surface area (Å²) in [5.41, 5.74) is 2.58. The zero-order valence-corrected chi connectivity index (χ0v) is 14.5. The summed E-state index contributed by atoms with van der Waals surface area (Å²) >= 11 is 0. The molecule has 2 aromatic heterocycles. The van der Waals surface area contributed by atoms with Gasteiger partial charge in [-0.1, -0.05) is 18.2 Å². The van der Waals surface area contributed by atoms with Gasteiger partial charge in [0.1, 0.15) is 0 Å². The normalized spacial score (nSPS) is 13.0. The van der Waals surface area contributed by atoms with Crippen LogP contribution < -0.4 is 5.56 Å². The zero-order valence-electron chi connectivity index (χ0n) is 14.5. The molecule has 3 rings (SSSR count). The number of aryl methyl sites for hydroxylation is 3. The van der Waals surface area contributed by atoms with E-state index in [0.717, 1.165) is 23.4 Å². The van der Waals surface area contributed by atoms with E-state index in [9.17, 15) is 18.0 Å². The molecule has 0 unspecified atom stereocenters. The van der Waals surface area contributed by atoms with Crippen molar-refractivity contribution in [3.8, 4) is 0 Å². The van der Waals surface area contributed by atoms with Crippen molar-refractivity contribution in [2.45, 2.75) is 32.9 Å². The molecule has 136 valence electrons. The first-order valence-electron chi connectivity index (χ1n) is 8.06. The first-order chi connectivity index (χ1) is 12.2. The molecular weight excluding hydrogens is 343 g/mol. The fourth-order valence-electron chi connectivity index (χ4n) is 3.19. The van der Waals surface area contributed by atoms with E-state index in [4.69, 9.17) is 0 Å². The highest BCUT2D eigenvalue weighted by Gasteiger charge is 2.32. The summed E-state index contributed by atoms with van der Waals surface area (Å²) in [4.78, 5) is 15.6. The van der Waals surface area contributed by atoms with Crippen LogP contribution in [0.4, 0.5) is 13.2 Å². The summed E-state index contributed by atoms with van der Waals surface area (Å²) in [6, 6.07) is 8.59.